The lowest BCUT2D eigenvalue weighted by atomic mass is 10.1. The van der Waals surface area contributed by atoms with Crippen LogP contribution in [0.1, 0.15) is 26.3 Å². The van der Waals surface area contributed by atoms with E-state index in [1.54, 1.807) is 60.4 Å². The molecular weight excluding hydrogens is 490 g/mol. The van der Waals surface area contributed by atoms with Crippen molar-refractivity contribution in [3.63, 3.8) is 0 Å². The van der Waals surface area contributed by atoms with Crippen molar-refractivity contribution in [2.75, 3.05) is 36.3 Å². The summed E-state index contributed by atoms with van der Waals surface area (Å²) in [6.07, 6.45) is 0. The first kappa shape index (κ1) is 24.7. The average Bonchev–Trinajstić information content (AvgIpc) is 2.86. The van der Waals surface area contributed by atoms with Gasteiger partial charge in [-0.2, -0.15) is 0 Å². The van der Waals surface area contributed by atoms with E-state index < -0.39 is 15.9 Å². The van der Waals surface area contributed by atoms with Crippen molar-refractivity contribution >= 4 is 44.8 Å². The van der Waals surface area contributed by atoms with Gasteiger partial charge in [-0.15, -0.1) is 0 Å². The van der Waals surface area contributed by atoms with Crippen molar-refractivity contribution in [3.8, 4) is 0 Å². The molecule has 1 heterocycles. The zero-order chi connectivity index (χ0) is 25.0. The molecule has 0 aromatic heterocycles. The smallest absolute Gasteiger partial charge is 0.263 e. The summed E-state index contributed by atoms with van der Waals surface area (Å²) in [7, 11) is -4.07. The van der Waals surface area contributed by atoms with Gasteiger partial charge in [0.15, 0.2) is 0 Å². The summed E-state index contributed by atoms with van der Waals surface area (Å²) in [5.74, 6) is -0.790. The van der Waals surface area contributed by atoms with Gasteiger partial charge in [-0.05, 0) is 48.9 Å². The standard InChI is InChI=1S/C25H24ClN3O5S/c1-17-6-2-4-8-21(17)28-35(32,33)23-16-18(10-11-20(23)26)24(30)27-22-9-5-3-7-19(22)25(31)29-12-14-34-15-13-29/h2-11,16,28H,12-15H2,1H3,(H,27,30). The van der Waals surface area contributed by atoms with E-state index in [-0.39, 0.29) is 21.4 Å². The average molecular weight is 514 g/mol. The fourth-order valence-corrected chi connectivity index (χ4v) is 5.31. The van der Waals surface area contributed by atoms with Gasteiger partial charge in [0.2, 0.25) is 0 Å². The molecule has 0 aliphatic carbocycles. The first-order chi connectivity index (χ1) is 16.8. The number of carbonyl (C=O) groups is 2. The fraction of sp³-hybridized carbons (Fsp3) is 0.200. The van der Waals surface area contributed by atoms with Crippen LogP contribution < -0.4 is 10.0 Å². The highest BCUT2D eigenvalue weighted by atomic mass is 35.5. The molecule has 4 rings (SSSR count). The van der Waals surface area contributed by atoms with Gasteiger partial charge >= 0.3 is 0 Å². The minimum atomic E-state index is -4.07. The number of nitrogens with one attached hydrogen (secondary N) is 2. The molecule has 10 heteroatoms. The quantitative estimate of drug-likeness (QED) is 0.514. The van der Waals surface area contributed by atoms with E-state index in [9.17, 15) is 18.0 Å². The van der Waals surface area contributed by atoms with Crippen molar-refractivity contribution in [3.05, 3.63) is 88.4 Å². The van der Waals surface area contributed by atoms with Gasteiger partial charge in [0.1, 0.15) is 4.90 Å². The normalized spacial score (nSPS) is 13.8. The van der Waals surface area contributed by atoms with Gasteiger partial charge in [0.05, 0.1) is 35.2 Å². The molecule has 3 aromatic carbocycles. The Labute approximate surface area is 208 Å². The number of ether oxygens (including phenoxy) is 1. The number of hydrogen-bond acceptors (Lipinski definition) is 5. The van der Waals surface area contributed by atoms with E-state index >= 15 is 0 Å². The Morgan fingerprint density at radius 3 is 2.31 bits per heavy atom. The predicted molar refractivity (Wildman–Crippen MR) is 135 cm³/mol. The van der Waals surface area contributed by atoms with Gasteiger partial charge in [-0.1, -0.05) is 41.9 Å². The SMILES string of the molecule is Cc1ccccc1NS(=O)(=O)c1cc(C(=O)Nc2ccccc2C(=O)N2CCOCC2)ccc1Cl. The van der Waals surface area contributed by atoms with E-state index in [1.165, 1.54) is 18.2 Å². The molecule has 2 N–H and O–H groups in total. The van der Waals surface area contributed by atoms with E-state index in [1.807, 2.05) is 0 Å². The van der Waals surface area contributed by atoms with Crippen LogP contribution in [0.25, 0.3) is 0 Å². The Morgan fingerprint density at radius 1 is 0.943 bits per heavy atom. The van der Waals surface area contributed by atoms with Crippen LogP contribution >= 0.6 is 11.6 Å². The van der Waals surface area contributed by atoms with Crippen molar-refractivity contribution in [2.24, 2.45) is 0 Å². The molecule has 0 unspecified atom stereocenters. The van der Waals surface area contributed by atoms with Gasteiger partial charge in [-0.25, -0.2) is 8.42 Å². The van der Waals surface area contributed by atoms with E-state index in [0.717, 1.165) is 5.56 Å². The van der Waals surface area contributed by atoms with Crippen LogP contribution in [0, 0.1) is 6.92 Å². The molecule has 1 fully saturated rings. The Hall–Kier alpha value is -3.40. The number of benzene rings is 3. The molecule has 0 radical (unpaired) electrons. The van der Waals surface area contributed by atoms with Crippen LogP contribution in [0.3, 0.4) is 0 Å². The number of sulfonamides is 1. The summed E-state index contributed by atoms with van der Waals surface area (Å²) in [5, 5.41) is 2.71. The summed E-state index contributed by atoms with van der Waals surface area (Å²) < 4.78 is 33.9. The van der Waals surface area contributed by atoms with E-state index in [4.69, 9.17) is 16.3 Å². The van der Waals surface area contributed by atoms with Gasteiger partial charge in [-0.3, -0.25) is 14.3 Å². The van der Waals surface area contributed by atoms with Gasteiger partial charge < -0.3 is 15.0 Å². The lowest BCUT2D eigenvalue weighted by Gasteiger charge is -2.27. The second kappa shape index (κ2) is 10.5. The summed E-state index contributed by atoms with van der Waals surface area (Å²) in [6, 6.07) is 17.6. The maximum absolute atomic E-state index is 13.1. The molecule has 2 amide bonds. The van der Waals surface area contributed by atoms with Crippen molar-refractivity contribution in [2.45, 2.75) is 11.8 Å². The lowest BCUT2D eigenvalue weighted by Crippen LogP contribution is -2.41. The summed E-state index contributed by atoms with van der Waals surface area (Å²) >= 11 is 6.19. The second-order valence-corrected chi connectivity index (χ2v) is 10.0. The molecule has 1 saturated heterocycles. The number of carbonyl (C=O) groups excluding carboxylic acids is 2. The zero-order valence-electron chi connectivity index (χ0n) is 19.0. The fourth-order valence-electron chi connectivity index (χ4n) is 3.65. The highest BCUT2D eigenvalue weighted by Crippen LogP contribution is 2.27. The molecule has 8 nitrogen and oxygen atoms in total. The molecule has 0 bridgehead atoms. The maximum atomic E-state index is 13.1. The minimum absolute atomic E-state index is 0.0227. The number of aryl methyl sites for hydroxylation is 1. The third-order valence-electron chi connectivity index (χ3n) is 5.58. The minimum Gasteiger partial charge on any atom is -0.378 e. The van der Waals surface area contributed by atoms with E-state index in [0.29, 0.717) is 43.2 Å². The number of amides is 2. The Bertz CT molecular complexity index is 1370. The molecule has 0 atom stereocenters. The maximum Gasteiger partial charge on any atom is 0.263 e. The number of hydrogen-bond donors (Lipinski definition) is 2. The molecular formula is C25H24ClN3O5S. The van der Waals surface area contributed by atoms with Crippen LogP contribution in [0.15, 0.2) is 71.6 Å². The first-order valence-electron chi connectivity index (χ1n) is 10.9. The molecule has 1 aliphatic rings. The lowest BCUT2D eigenvalue weighted by molar-refractivity contribution is 0.0303. The highest BCUT2D eigenvalue weighted by molar-refractivity contribution is 7.92. The number of nitrogens with zero attached hydrogens (tertiary/aromatic N) is 1. The Morgan fingerprint density at radius 2 is 1.60 bits per heavy atom. The van der Waals surface area contributed by atoms with Crippen LogP contribution in [0.2, 0.25) is 5.02 Å². The van der Waals surface area contributed by atoms with Crippen molar-refractivity contribution in [1.29, 1.82) is 0 Å². The van der Waals surface area contributed by atoms with Gasteiger partial charge in [0.25, 0.3) is 21.8 Å². The first-order valence-corrected chi connectivity index (χ1v) is 12.8. The van der Waals surface area contributed by atoms with Crippen LogP contribution in [-0.2, 0) is 14.8 Å². The number of morpholine rings is 1. The topological polar surface area (TPSA) is 105 Å². The molecule has 35 heavy (non-hydrogen) atoms. The van der Waals surface area contributed by atoms with Crippen molar-refractivity contribution in [1.82, 2.24) is 4.90 Å². The van der Waals surface area contributed by atoms with Crippen LogP contribution in [-0.4, -0.2) is 51.4 Å². The summed E-state index contributed by atoms with van der Waals surface area (Å²) in [6.45, 7) is 3.62. The molecule has 182 valence electrons. The number of para-hydroxylation sites is 2. The largest absolute Gasteiger partial charge is 0.378 e. The monoisotopic (exact) mass is 513 g/mol. The third-order valence-corrected chi connectivity index (χ3v) is 7.42. The van der Waals surface area contributed by atoms with Crippen LogP contribution in [0.5, 0.6) is 0 Å². The molecule has 3 aromatic rings. The number of rotatable bonds is 6. The summed E-state index contributed by atoms with van der Waals surface area (Å²) in [4.78, 5) is 27.5. The molecule has 0 spiro atoms. The van der Waals surface area contributed by atoms with Crippen LogP contribution in [0.4, 0.5) is 11.4 Å². The molecule has 0 saturated carbocycles. The summed E-state index contributed by atoms with van der Waals surface area (Å²) in [5.41, 5.74) is 1.89. The molecule has 1 aliphatic heterocycles. The zero-order valence-corrected chi connectivity index (χ0v) is 20.5. The Balaban J connectivity index is 1.58. The van der Waals surface area contributed by atoms with Crippen molar-refractivity contribution < 1.29 is 22.7 Å². The Kier molecular flexibility index (Phi) is 7.39. The third kappa shape index (κ3) is 5.64. The van der Waals surface area contributed by atoms with E-state index in [2.05, 4.69) is 10.0 Å². The second-order valence-electron chi connectivity index (χ2n) is 7.97. The highest BCUT2D eigenvalue weighted by Gasteiger charge is 2.24. The number of halogens is 1. The van der Waals surface area contributed by atoms with Gasteiger partial charge in [0, 0.05) is 18.7 Å². The number of anilines is 2. The predicted octanol–water partition coefficient (Wildman–Crippen LogP) is 4.17.